The van der Waals surface area contributed by atoms with Crippen molar-refractivity contribution in [1.29, 1.82) is 0 Å². The zero-order valence-corrected chi connectivity index (χ0v) is 13.1. The fraction of sp³-hybridized carbons (Fsp3) is 0.562. The maximum Gasteiger partial charge on any atom is 0.302 e. The van der Waals surface area contributed by atoms with E-state index in [0.29, 0.717) is 12.2 Å². The second-order valence-corrected chi connectivity index (χ2v) is 7.61. The second-order valence-electron chi connectivity index (χ2n) is 5.98. The van der Waals surface area contributed by atoms with Gasteiger partial charge in [-0.25, -0.2) is 0 Å². The minimum Gasteiger partial charge on any atom is -0.506 e. The van der Waals surface area contributed by atoms with Gasteiger partial charge < -0.3 is 9.90 Å². The van der Waals surface area contributed by atoms with Crippen LogP contribution in [0.5, 0.6) is 5.75 Å². The van der Waals surface area contributed by atoms with E-state index in [1.165, 1.54) is 19.3 Å². The Labute approximate surface area is 137 Å². The van der Waals surface area contributed by atoms with Crippen molar-refractivity contribution in [2.75, 3.05) is 10.8 Å². The van der Waals surface area contributed by atoms with Gasteiger partial charge in [-0.05, 0) is 36.5 Å². The molecule has 0 amide bonds. The average Bonchev–Trinajstić information content (AvgIpc) is 2.83. The SMILES string of the molecule is C.O=CC1CN(c2ccc(C3CCCCC3)cc2O)S(=O)(=O)N1. The van der Waals surface area contributed by atoms with Gasteiger partial charge in [-0.1, -0.05) is 32.8 Å². The molecular weight excluding hydrogens is 316 g/mol. The van der Waals surface area contributed by atoms with Crippen molar-refractivity contribution in [2.24, 2.45) is 0 Å². The maximum atomic E-state index is 12.0. The van der Waals surface area contributed by atoms with Gasteiger partial charge in [-0.3, -0.25) is 4.31 Å². The third-order valence-electron chi connectivity index (χ3n) is 4.46. The molecule has 1 aromatic carbocycles. The van der Waals surface area contributed by atoms with E-state index in [-0.39, 0.29) is 25.4 Å². The number of benzene rings is 1. The Morgan fingerprint density at radius 3 is 2.48 bits per heavy atom. The first kappa shape index (κ1) is 17.7. The molecule has 1 atom stereocenters. The number of phenols is 1. The number of rotatable bonds is 3. The van der Waals surface area contributed by atoms with Crippen molar-refractivity contribution in [3.05, 3.63) is 23.8 Å². The summed E-state index contributed by atoms with van der Waals surface area (Å²) in [6, 6.07) is 4.40. The number of hydrogen-bond acceptors (Lipinski definition) is 4. The molecule has 23 heavy (non-hydrogen) atoms. The molecule has 1 aromatic rings. The zero-order valence-electron chi connectivity index (χ0n) is 12.2. The molecule has 1 heterocycles. The normalized spacial score (nSPS) is 24.2. The molecule has 0 spiro atoms. The van der Waals surface area contributed by atoms with Crippen LogP contribution in [0.1, 0.15) is 51.0 Å². The second kappa shape index (κ2) is 6.88. The van der Waals surface area contributed by atoms with E-state index in [1.807, 2.05) is 6.07 Å². The Morgan fingerprint density at radius 2 is 1.91 bits per heavy atom. The lowest BCUT2D eigenvalue weighted by Gasteiger charge is -2.23. The van der Waals surface area contributed by atoms with Crippen LogP contribution in [0.25, 0.3) is 0 Å². The van der Waals surface area contributed by atoms with Crippen molar-refractivity contribution in [1.82, 2.24) is 4.72 Å². The Balaban J connectivity index is 0.00000192. The van der Waals surface area contributed by atoms with Crippen LogP contribution in [0, 0.1) is 0 Å². The van der Waals surface area contributed by atoms with E-state index >= 15 is 0 Å². The summed E-state index contributed by atoms with van der Waals surface area (Å²) in [7, 11) is -3.77. The Bertz CT molecular complexity index is 669. The quantitative estimate of drug-likeness (QED) is 0.827. The molecular formula is C16H24N2O4S. The van der Waals surface area contributed by atoms with Gasteiger partial charge in [0.2, 0.25) is 0 Å². The highest BCUT2D eigenvalue weighted by Gasteiger charge is 2.36. The summed E-state index contributed by atoms with van der Waals surface area (Å²) in [5, 5.41) is 10.3. The number of carbonyl (C=O) groups excluding carboxylic acids is 1. The van der Waals surface area contributed by atoms with Gasteiger partial charge in [0.05, 0.1) is 18.3 Å². The number of carbonyl (C=O) groups is 1. The summed E-state index contributed by atoms with van der Waals surface area (Å²) in [5.74, 6) is 0.379. The molecule has 1 saturated carbocycles. The molecule has 2 fully saturated rings. The molecule has 1 saturated heterocycles. The monoisotopic (exact) mass is 340 g/mol. The summed E-state index contributed by atoms with van der Waals surface area (Å²) in [6.45, 7) is 0.00215. The molecule has 0 bridgehead atoms. The third kappa shape index (κ3) is 3.50. The summed E-state index contributed by atoms with van der Waals surface area (Å²) >= 11 is 0. The smallest absolute Gasteiger partial charge is 0.302 e. The largest absolute Gasteiger partial charge is 0.506 e. The lowest BCUT2D eigenvalue weighted by Crippen LogP contribution is -2.30. The fourth-order valence-corrected chi connectivity index (χ4v) is 4.72. The van der Waals surface area contributed by atoms with E-state index < -0.39 is 16.3 Å². The fourth-order valence-electron chi connectivity index (χ4n) is 3.31. The predicted octanol–water partition coefficient (Wildman–Crippen LogP) is 2.30. The number of phenolic OH excluding ortho intramolecular Hbond substituents is 1. The van der Waals surface area contributed by atoms with Crippen molar-refractivity contribution in [3.63, 3.8) is 0 Å². The highest BCUT2D eigenvalue weighted by molar-refractivity contribution is 7.91. The third-order valence-corrected chi connectivity index (χ3v) is 5.99. The highest BCUT2D eigenvalue weighted by atomic mass is 32.2. The lowest BCUT2D eigenvalue weighted by molar-refractivity contribution is -0.108. The van der Waals surface area contributed by atoms with Crippen LogP contribution in [0.4, 0.5) is 5.69 Å². The summed E-state index contributed by atoms with van der Waals surface area (Å²) in [4.78, 5) is 10.8. The van der Waals surface area contributed by atoms with Gasteiger partial charge in [0, 0.05) is 0 Å². The summed E-state index contributed by atoms with van der Waals surface area (Å²) < 4.78 is 27.3. The van der Waals surface area contributed by atoms with E-state index in [2.05, 4.69) is 4.72 Å². The van der Waals surface area contributed by atoms with Gasteiger partial charge >= 0.3 is 10.2 Å². The average molecular weight is 340 g/mol. The van der Waals surface area contributed by atoms with E-state index in [1.54, 1.807) is 12.1 Å². The van der Waals surface area contributed by atoms with Crippen LogP contribution in [-0.4, -0.2) is 32.4 Å². The van der Waals surface area contributed by atoms with Crippen LogP contribution in [0.3, 0.4) is 0 Å². The molecule has 1 aliphatic heterocycles. The molecule has 6 nitrogen and oxygen atoms in total. The number of nitrogens with zero attached hydrogens (tertiary/aromatic N) is 1. The summed E-state index contributed by atoms with van der Waals surface area (Å²) in [5.41, 5.74) is 1.27. The maximum absolute atomic E-state index is 12.0. The highest BCUT2D eigenvalue weighted by Crippen LogP contribution is 2.38. The number of aromatic hydroxyl groups is 1. The van der Waals surface area contributed by atoms with Crippen LogP contribution in [0.2, 0.25) is 0 Å². The van der Waals surface area contributed by atoms with Crippen molar-refractivity contribution in [2.45, 2.75) is 51.5 Å². The molecule has 1 aliphatic carbocycles. The molecule has 128 valence electrons. The number of hydrogen-bond donors (Lipinski definition) is 2. The van der Waals surface area contributed by atoms with Crippen LogP contribution < -0.4 is 9.03 Å². The first-order chi connectivity index (χ1) is 10.5. The topological polar surface area (TPSA) is 86.7 Å². The minimum absolute atomic E-state index is 0. The standard InChI is InChI=1S/C15H20N2O4S.CH4/c18-10-13-9-17(22(20,21)16-13)14-7-6-12(8-15(14)19)11-4-2-1-3-5-11;/h6-8,10-11,13,16,19H,1-5,9H2;1H4. The Morgan fingerprint density at radius 1 is 1.22 bits per heavy atom. The number of nitrogens with one attached hydrogen (secondary N) is 1. The van der Waals surface area contributed by atoms with E-state index in [9.17, 15) is 18.3 Å². The molecule has 2 aliphatic rings. The predicted molar refractivity (Wildman–Crippen MR) is 89.9 cm³/mol. The molecule has 2 N–H and O–H groups in total. The molecule has 7 heteroatoms. The van der Waals surface area contributed by atoms with Crippen LogP contribution in [0.15, 0.2) is 18.2 Å². The van der Waals surface area contributed by atoms with Gasteiger partial charge in [-0.2, -0.15) is 13.1 Å². The van der Waals surface area contributed by atoms with Gasteiger partial charge in [0.15, 0.2) is 0 Å². The van der Waals surface area contributed by atoms with Crippen molar-refractivity contribution in [3.8, 4) is 5.75 Å². The Kier molecular flexibility index (Phi) is 5.31. The first-order valence-corrected chi connectivity index (χ1v) is 9.03. The molecule has 0 aromatic heterocycles. The summed E-state index contributed by atoms with van der Waals surface area (Å²) in [6.07, 6.45) is 6.42. The molecule has 0 radical (unpaired) electrons. The van der Waals surface area contributed by atoms with E-state index in [4.69, 9.17) is 0 Å². The van der Waals surface area contributed by atoms with Crippen molar-refractivity contribution >= 4 is 22.2 Å². The van der Waals surface area contributed by atoms with Crippen LogP contribution >= 0.6 is 0 Å². The zero-order chi connectivity index (χ0) is 15.7. The van der Waals surface area contributed by atoms with Crippen molar-refractivity contribution < 1.29 is 18.3 Å². The lowest BCUT2D eigenvalue weighted by atomic mass is 9.84. The van der Waals surface area contributed by atoms with E-state index in [0.717, 1.165) is 22.7 Å². The molecule has 1 unspecified atom stereocenters. The van der Waals surface area contributed by atoms with Gasteiger partial charge in [0.1, 0.15) is 12.0 Å². The Hall–Kier alpha value is -1.60. The number of anilines is 1. The number of aldehydes is 1. The minimum atomic E-state index is -3.77. The van der Waals surface area contributed by atoms with Gasteiger partial charge in [0.25, 0.3) is 0 Å². The first-order valence-electron chi connectivity index (χ1n) is 7.59. The van der Waals surface area contributed by atoms with Crippen LogP contribution in [-0.2, 0) is 15.0 Å². The molecule has 3 rings (SSSR count). The van der Waals surface area contributed by atoms with Gasteiger partial charge in [-0.15, -0.1) is 0 Å².